The van der Waals surface area contributed by atoms with Crippen molar-refractivity contribution in [1.29, 1.82) is 0 Å². The summed E-state index contributed by atoms with van der Waals surface area (Å²) in [5.74, 6) is 0.367. The van der Waals surface area contributed by atoms with E-state index in [0.29, 0.717) is 35.1 Å². The molecule has 5 rings (SSSR count). The van der Waals surface area contributed by atoms with Crippen molar-refractivity contribution in [2.24, 2.45) is 0 Å². The number of hydrogen-bond donors (Lipinski definition) is 2. The first-order chi connectivity index (χ1) is 23.3. The third-order valence-electron chi connectivity index (χ3n) is 7.78. The number of hydrogen-bond acceptors (Lipinski definition) is 12. The minimum Gasteiger partial charge on any atom is -0.458 e. The van der Waals surface area contributed by atoms with Crippen molar-refractivity contribution in [3.05, 3.63) is 77.4 Å². The Morgan fingerprint density at radius 3 is 2.43 bits per heavy atom. The number of ether oxygens (including phenoxy) is 3. The normalized spacial score (nSPS) is 14.3. The number of anilines is 3. The summed E-state index contributed by atoms with van der Waals surface area (Å²) in [6.45, 7) is 17.6. The van der Waals surface area contributed by atoms with Crippen LogP contribution in [0.1, 0.15) is 40.3 Å². The zero-order valence-electron chi connectivity index (χ0n) is 28.9. The molecule has 2 N–H and O–H groups in total. The SMILES string of the molecule is C=CCn1c(=O)c2cnc(Nc3ccc(N4CCN(CCOCOCC(=O)OC(C)(C)C)CC4)cc3)nc2n1-c1cccc(C(C)(C)O)n1. The minimum atomic E-state index is -1.17. The first-order valence-electron chi connectivity index (χ1n) is 16.3. The average molecular weight is 675 g/mol. The molecule has 0 unspecified atom stereocenters. The molecular weight excluding hydrogens is 628 g/mol. The third-order valence-corrected chi connectivity index (χ3v) is 7.78. The lowest BCUT2D eigenvalue weighted by molar-refractivity contribution is -0.165. The second-order valence-electron chi connectivity index (χ2n) is 13.3. The molecule has 1 fully saturated rings. The molecule has 0 atom stereocenters. The van der Waals surface area contributed by atoms with Crippen molar-refractivity contribution in [2.45, 2.75) is 52.4 Å². The Morgan fingerprint density at radius 2 is 1.76 bits per heavy atom. The van der Waals surface area contributed by atoms with Crippen molar-refractivity contribution < 1.29 is 24.1 Å². The fraction of sp³-hybridized carbons (Fsp3) is 0.457. The number of rotatable bonds is 14. The van der Waals surface area contributed by atoms with Gasteiger partial charge in [0.1, 0.15) is 30.0 Å². The molecule has 0 saturated carbocycles. The molecule has 1 aliphatic heterocycles. The standard InChI is InChI=1S/C35H46N8O6/c1-7-15-42-32(45)27-22-36-33(39-31(27)43(42)29-10-8-9-28(38-29)35(5,6)46)37-25-11-13-26(14-12-25)41-18-16-40(17-19-41)20-21-47-24-48-23-30(44)49-34(2,3)4/h7-14,22,46H,1,15-21,23-24H2,2-6H3,(H,36,37,39). The summed E-state index contributed by atoms with van der Waals surface area (Å²) in [6, 6.07) is 13.4. The summed E-state index contributed by atoms with van der Waals surface area (Å²) in [5.41, 5.74) is 0.799. The van der Waals surface area contributed by atoms with Crippen molar-refractivity contribution in [3.8, 4) is 5.82 Å². The van der Waals surface area contributed by atoms with Crippen LogP contribution < -0.4 is 15.8 Å². The highest BCUT2D eigenvalue weighted by Crippen LogP contribution is 2.24. The molecule has 4 heterocycles. The Morgan fingerprint density at radius 1 is 1.02 bits per heavy atom. The van der Waals surface area contributed by atoms with Crippen LogP contribution in [0.5, 0.6) is 0 Å². The number of piperazine rings is 1. The monoisotopic (exact) mass is 674 g/mol. The van der Waals surface area contributed by atoms with Gasteiger partial charge in [-0.05, 0) is 71.0 Å². The van der Waals surface area contributed by atoms with Crippen LogP contribution in [-0.4, -0.2) is 98.6 Å². The number of aliphatic hydroxyl groups is 1. The number of carbonyl (C=O) groups is 1. The van der Waals surface area contributed by atoms with Gasteiger partial charge in [0.15, 0.2) is 11.5 Å². The zero-order valence-corrected chi connectivity index (χ0v) is 28.9. The third kappa shape index (κ3) is 9.29. The number of fused-ring (bicyclic) bond motifs is 1. The number of carbonyl (C=O) groups excluding carboxylic acids is 1. The fourth-order valence-electron chi connectivity index (χ4n) is 5.41. The number of allylic oxidation sites excluding steroid dienone is 1. The first kappa shape index (κ1) is 35.7. The van der Waals surface area contributed by atoms with Crippen molar-refractivity contribution in [1.82, 2.24) is 29.2 Å². The Labute approximate surface area is 285 Å². The van der Waals surface area contributed by atoms with E-state index < -0.39 is 17.2 Å². The van der Waals surface area contributed by atoms with Gasteiger partial charge in [0.05, 0.1) is 18.8 Å². The highest BCUT2D eigenvalue weighted by Gasteiger charge is 2.22. The molecule has 0 amide bonds. The predicted octanol–water partition coefficient (Wildman–Crippen LogP) is 3.59. The Kier molecular flexibility index (Phi) is 11.1. The van der Waals surface area contributed by atoms with Crippen LogP contribution in [0.15, 0.2) is 66.1 Å². The van der Waals surface area contributed by atoms with Crippen LogP contribution in [0.25, 0.3) is 16.9 Å². The van der Waals surface area contributed by atoms with Crippen LogP contribution in [0.3, 0.4) is 0 Å². The molecule has 3 aromatic heterocycles. The van der Waals surface area contributed by atoms with E-state index in [2.05, 4.69) is 43.8 Å². The van der Waals surface area contributed by atoms with Gasteiger partial charge in [-0.3, -0.25) is 9.69 Å². The van der Waals surface area contributed by atoms with E-state index in [-0.39, 0.29) is 25.5 Å². The van der Waals surface area contributed by atoms with Gasteiger partial charge in [-0.1, -0.05) is 12.1 Å². The summed E-state index contributed by atoms with van der Waals surface area (Å²) in [7, 11) is 0. The number of pyridine rings is 1. The lowest BCUT2D eigenvalue weighted by Crippen LogP contribution is -2.47. The fourth-order valence-corrected chi connectivity index (χ4v) is 5.41. The molecule has 0 radical (unpaired) electrons. The summed E-state index contributed by atoms with van der Waals surface area (Å²) < 4.78 is 19.1. The topological polar surface area (TPSA) is 149 Å². The molecule has 4 aromatic rings. The van der Waals surface area contributed by atoms with Gasteiger partial charge in [0.25, 0.3) is 5.56 Å². The molecule has 0 bridgehead atoms. The largest absolute Gasteiger partial charge is 0.458 e. The highest BCUT2D eigenvalue weighted by atomic mass is 16.7. The maximum Gasteiger partial charge on any atom is 0.332 e. The van der Waals surface area contributed by atoms with E-state index in [9.17, 15) is 14.7 Å². The molecule has 262 valence electrons. The van der Waals surface area contributed by atoms with Gasteiger partial charge < -0.3 is 29.5 Å². The van der Waals surface area contributed by atoms with E-state index in [1.54, 1.807) is 42.8 Å². The molecule has 0 aliphatic carbocycles. The van der Waals surface area contributed by atoms with Gasteiger partial charge >= 0.3 is 5.97 Å². The molecular formula is C35H46N8O6. The summed E-state index contributed by atoms with van der Waals surface area (Å²) in [5, 5.41) is 14.1. The molecule has 1 aromatic carbocycles. The van der Waals surface area contributed by atoms with Crippen LogP contribution in [0.2, 0.25) is 0 Å². The summed E-state index contributed by atoms with van der Waals surface area (Å²) in [4.78, 5) is 43.4. The van der Waals surface area contributed by atoms with E-state index in [1.807, 2.05) is 32.9 Å². The van der Waals surface area contributed by atoms with E-state index >= 15 is 0 Å². The molecule has 1 saturated heterocycles. The zero-order chi connectivity index (χ0) is 35.2. The van der Waals surface area contributed by atoms with E-state index in [0.717, 1.165) is 44.1 Å². The van der Waals surface area contributed by atoms with E-state index in [4.69, 9.17) is 19.2 Å². The maximum absolute atomic E-state index is 13.3. The first-order valence-corrected chi connectivity index (χ1v) is 16.3. The smallest absolute Gasteiger partial charge is 0.332 e. The molecule has 1 aliphatic rings. The van der Waals surface area contributed by atoms with Crippen LogP contribution >= 0.6 is 0 Å². The van der Waals surface area contributed by atoms with Crippen molar-refractivity contribution >= 4 is 34.3 Å². The van der Waals surface area contributed by atoms with Crippen molar-refractivity contribution in [3.63, 3.8) is 0 Å². The number of esters is 1. The number of benzene rings is 1. The molecule has 0 spiro atoms. The van der Waals surface area contributed by atoms with Gasteiger partial charge in [0, 0.05) is 50.3 Å². The Balaban J connectivity index is 1.17. The molecule has 49 heavy (non-hydrogen) atoms. The number of aromatic nitrogens is 5. The van der Waals surface area contributed by atoms with Gasteiger partial charge in [-0.15, -0.1) is 6.58 Å². The second kappa shape index (κ2) is 15.3. The van der Waals surface area contributed by atoms with Crippen molar-refractivity contribution in [2.75, 3.05) is 62.9 Å². The summed E-state index contributed by atoms with van der Waals surface area (Å²) in [6.07, 6.45) is 3.15. The quantitative estimate of drug-likeness (QED) is 0.0872. The van der Waals surface area contributed by atoms with Gasteiger partial charge in [-0.2, -0.15) is 4.98 Å². The Bertz CT molecular complexity index is 1800. The van der Waals surface area contributed by atoms with Crippen LogP contribution in [0, 0.1) is 0 Å². The number of nitrogens with zero attached hydrogens (tertiary/aromatic N) is 7. The highest BCUT2D eigenvalue weighted by molar-refractivity contribution is 5.77. The van der Waals surface area contributed by atoms with Crippen LogP contribution in [0.4, 0.5) is 17.3 Å². The van der Waals surface area contributed by atoms with Gasteiger partial charge in [0.2, 0.25) is 5.95 Å². The van der Waals surface area contributed by atoms with Gasteiger partial charge in [-0.25, -0.2) is 24.1 Å². The van der Waals surface area contributed by atoms with E-state index in [1.165, 1.54) is 10.9 Å². The Hall–Kier alpha value is -4.63. The summed E-state index contributed by atoms with van der Waals surface area (Å²) >= 11 is 0. The minimum absolute atomic E-state index is 0.0500. The molecule has 14 heteroatoms. The average Bonchev–Trinajstić information content (AvgIpc) is 3.32. The lowest BCUT2D eigenvalue weighted by Gasteiger charge is -2.36. The second-order valence-corrected chi connectivity index (χ2v) is 13.3. The molecule has 14 nitrogen and oxygen atoms in total. The maximum atomic E-state index is 13.3. The predicted molar refractivity (Wildman–Crippen MR) is 187 cm³/mol. The lowest BCUT2D eigenvalue weighted by atomic mass is 10.1. The van der Waals surface area contributed by atoms with Crippen LogP contribution in [-0.2, 0) is 31.2 Å². The number of nitrogens with one attached hydrogen (secondary N) is 1.